The molecule has 1 N–H and O–H groups in total. The van der Waals surface area contributed by atoms with Crippen molar-refractivity contribution < 1.29 is 4.74 Å². The number of para-hydroxylation sites is 1. The lowest BCUT2D eigenvalue weighted by Gasteiger charge is -2.20. The Balaban J connectivity index is 2.41. The highest BCUT2D eigenvalue weighted by atomic mass is 16.5. The van der Waals surface area contributed by atoms with E-state index in [1.165, 1.54) is 18.5 Å². The zero-order valence-electron chi connectivity index (χ0n) is 13.5. The summed E-state index contributed by atoms with van der Waals surface area (Å²) in [4.78, 5) is 2.46. The minimum atomic E-state index is 0.328. The van der Waals surface area contributed by atoms with Crippen LogP contribution in [0.3, 0.4) is 0 Å². The van der Waals surface area contributed by atoms with Gasteiger partial charge >= 0.3 is 0 Å². The van der Waals surface area contributed by atoms with Crippen LogP contribution in [0.5, 0.6) is 5.75 Å². The third kappa shape index (κ3) is 5.51. The molecule has 114 valence electrons. The molecule has 0 aliphatic heterocycles. The average molecular weight is 278 g/mol. The molecule has 0 saturated heterocycles. The summed E-state index contributed by atoms with van der Waals surface area (Å²) in [7, 11) is 0. The first-order valence-electron chi connectivity index (χ1n) is 7.90. The Labute approximate surface area is 124 Å². The molecule has 0 aliphatic rings. The molecule has 1 aromatic carbocycles. The largest absolute Gasteiger partial charge is 0.494 e. The zero-order chi connectivity index (χ0) is 14.8. The van der Waals surface area contributed by atoms with Crippen LogP contribution >= 0.6 is 0 Å². The van der Waals surface area contributed by atoms with Crippen LogP contribution in [0.4, 0.5) is 0 Å². The normalized spacial score (nSPS) is 12.7. The van der Waals surface area contributed by atoms with Crippen molar-refractivity contribution in [2.24, 2.45) is 0 Å². The van der Waals surface area contributed by atoms with Crippen molar-refractivity contribution in [3.63, 3.8) is 0 Å². The first kappa shape index (κ1) is 17.0. The Morgan fingerprint density at radius 1 is 1.15 bits per heavy atom. The van der Waals surface area contributed by atoms with E-state index in [1.54, 1.807) is 0 Å². The number of nitrogens with zero attached hydrogens (tertiary/aromatic N) is 1. The molecule has 0 radical (unpaired) electrons. The van der Waals surface area contributed by atoms with Gasteiger partial charge < -0.3 is 15.0 Å². The number of hydrogen-bond acceptors (Lipinski definition) is 3. The van der Waals surface area contributed by atoms with Gasteiger partial charge in [0, 0.05) is 11.6 Å². The van der Waals surface area contributed by atoms with Gasteiger partial charge in [0.1, 0.15) is 5.75 Å². The predicted octanol–water partition coefficient (Wildman–Crippen LogP) is 3.47. The maximum absolute atomic E-state index is 5.69. The molecule has 1 unspecified atom stereocenters. The molecule has 20 heavy (non-hydrogen) atoms. The summed E-state index contributed by atoms with van der Waals surface area (Å²) in [5.41, 5.74) is 1.25. The van der Waals surface area contributed by atoms with E-state index in [0.717, 1.165) is 25.4 Å². The van der Waals surface area contributed by atoms with Crippen LogP contribution in [0, 0.1) is 0 Å². The smallest absolute Gasteiger partial charge is 0.124 e. The van der Waals surface area contributed by atoms with E-state index in [9.17, 15) is 0 Å². The molecule has 1 aromatic rings. The Morgan fingerprint density at radius 3 is 2.50 bits per heavy atom. The van der Waals surface area contributed by atoms with Crippen molar-refractivity contribution >= 4 is 0 Å². The first-order valence-corrected chi connectivity index (χ1v) is 7.90. The summed E-state index contributed by atoms with van der Waals surface area (Å²) in [6, 6.07) is 8.63. The molecular formula is C17H30N2O. The Kier molecular flexibility index (Phi) is 8.31. The van der Waals surface area contributed by atoms with Crippen molar-refractivity contribution in [1.29, 1.82) is 0 Å². The second-order valence-corrected chi connectivity index (χ2v) is 5.03. The van der Waals surface area contributed by atoms with Crippen LogP contribution in [0.15, 0.2) is 24.3 Å². The molecule has 0 amide bonds. The Morgan fingerprint density at radius 2 is 1.85 bits per heavy atom. The number of rotatable bonds is 10. The number of hydrogen-bond donors (Lipinski definition) is 1. The predicted molar refractivity (Wildman–Crippen MR) is 86.4 cm³/mol. The molecule has 0 spiro atoms. The molecule has 3 nitrogen and oxygen atoms in total. The molecule has 0 saturated carbocycles. The minimum Gasteiger partial charge on any atom is -0.494 e. The van der Waals surface area contributed by atoms with Gasteiger partial charge in [-0.25, -0.2) is 0 Å². The SMILES string of the molecule is CCOc1ccccc1C(C)NCCCN(CC)CC. The van der Waals surface area contributed by atoms with E-state index < -0.39 is 0 Å². The van der Waals surface area contributed by atoms with Gasteiger partial charge in [0.15, 0.2) is 0 Å². The topological polar surface area (TPSA) is 24.5 Å². The molecule has 0 fully saturated rings. The van der Waals surface area contributed by atoms with E-state index in [0.29, 0.717) is 12.6 Å². The van der Waals surface area contributed by atoms with Crippen LogP contribution in [0.1, 0.15) is 45.7 Å². The van der Waals surface area contributed by atoms with Gasteiger partial charge in [0.05, 0.1) is 6.61 Å². The van der Waals surface area contributed by atoms with Gasteiger partial charge in [-0.05, 0) is 52.5 Å². The standard InChI is InChI=1S/C17H30N2O/c1-5-19(6-2)14-10-13-18-15(4)16-11-8-9-12-17(16)20-7-3/h8-9,11-12,15,18H,5-7,10,13-14H2,1-4H3. The summed E-state index contributed by atoms with van der Waals surface area (Å²) in [6.07, 6.45) is 1.18. The Hall–Kier alpha value is -1.06. The average Bonchev–Trinajstić information content (AvgIpc) is 2.48. The van der Waals surface area contributed by atoms with Crippen LogP contribution in [-0.2, 0) is 0 Å². The fourth-order valence-corrected chi connectivity index (χ4v) is 2.40. The molecule has 0 bridgehead atoms. The van der Waals surface area contributed by atoms with Gasteiger partial charge in [0.2, 0.25) is 0 Å². The number of benzene rings is 1. The highest BCUT2D eigenvalue weighted by molar-refractivity contribution is 5.35. The maximum atomic E-state index is 5.69. The molecule has 1 atom stereocenters. The Bertz CT molecular complexity index is 364. The molecule has 0 heterocycles. The van der Waals surface area contributed by atoms with E-state index in [4.69, 9.17) is 4.74 Å². The second-order valence-electron chi connectivity index (χ2n) is 5.03. The van der Waals surface area contributed by atoms with Crippen molar-refractivity contribution in [3.05, 3.63) is 29.8 Å². The fraction of sp³-hybridized carbons (Fsp3) is 0.647. The molecule has 1 rings (SSSR count). The molecule has 0 aliphatic carbocycles. The van der Waals surface area contributed by atoms with Crippen LogP contribution in [0.25, 0.3) is 0 Å². The molecule has 0 aromatic heterocycles. The van der Waals surface area contributed by atoms with Gasteiger partial charge in [-0.1, -0.05) is 32.0 Å². The lowest BCUT2D eigenvalue weighted by molar-refractivity contribution is 0.295. The van der Waals surface area contributed by atoms with Crippen LogP contribution in [-0.4, -0.2) is 37.7 Å². The lowest BCUT2D eigenvalue weighted by atomic mass is 10.1. The third-order valence-electron chi connectivity index (χ3n) is 3.68. The van der Waals surface area contributed by atoms with Gasteiger partial charge in [-0.2, -0.15) is 0 Å². The highest BCUT2D eigenvalue weighted by Crippen LogP contribution is 2.24. The van der Waals surface area contributed by atoms with Crippen molar-refractivity contribution in [1.82, 2.24) is 10.2 Å². The van der Waals surface area contributed by atoms with E-state index in [1.807, 2.05) is 19.1 Å². The summed E-state index contributed by atoms with van der Waals surface area (Å²) >= 11 is 0. The number of ether oxygens (including phenoxy) is 1. The highest BCUT2D eigenvalue weighted by Gasteiger charge is 2.10. The summed E-state index contributed by atoms with van der Waals surface area (Å²) < 4.78 is 5.69. The molecular weight excluding hydrogens is 248 g/mol. The number of nitrogens with one attached hydrogen (secondary N) is 1. The zero-order valence-corrected chi connectivity index (χ0v) is 13.5. The van der Waals surface area contributed by atoms with Gasteiger partial charge in [-0.15, -0.1) is 0 Å². The lowest BCUT2D eigenvalue weighted by Crippen LogP contribution is -2.28. The summed E-state index contributed by atoms with van der Waals surface area (Å²) in [5.74, 6) is 0.999. The van der Waals surface area contributed by atoms with Crippen molar-refractivity contribution in [2.45, 2.75) is 40.2 Å². The monoisotopic (exact) mass is 278 g/mol. The van der Waals surface area contributed by atoms with E-state index in [-0.39, 0.29) is 0 Å². The minimum absolute atomic E-state index is 0.328. The third-order valence-corrected chi connectivity index (χ3v) is 3.68. The fourth-order valence-electron chi connectivity index (χ4n) is 2.40. The van der Waals surface area contributed by atoms with Gasteiger partial charge in [0.25, 0.3) is 0 Å². The van der Waals surface area contributed by atoms with E-state index in [2.05, 4.69) is 43.1 Å². The van der Waals surface area contributed by atoms with Crippen LogP contribution < -0.4 is 10.1 Å². The first-order chi connectivity index (χ1) is 9.72. The van der Waals surface area contributed by atoms with Crippen molar-refractivity contribution in [2.75, 3.05) is 32.8 Å². The summed E-state index contributed by atoms with van der Waals surface area (Å²) in [6.45, 7) is 13.9. The second kappa shape index (κ2) is 9.78. The molecule has 3 heteroatoms. The maximum Gasteiger partial charge on any atom is 0.124 e. The summed E-state index contributed by atoms with van der Waals surface area (Å²) in [5, 5.41) is 3.59. The van der Waals surface area contributed by atoms with Crippen LogP contribution in [0.2, 0.25) is 0 Å². The van der Waals surface area contributed by atoms with Gasteiger partial charge in [-0.3, -0.25) is 0 Å². The van der Waals surface area contributed by atoms with E-state index >= 15 is 0 Å². The van der Waals surface area contributed by atoms with Crippen molar-refractivity contribution in [3.8, 4) is 5.75 Å². The quantitative estimate of drug-likeness (QED) is 0.663.